The number of aliphatic carboxylic acids is 1. The number of nitrogens with one attached hydrogen (secondary N) is 1. The van der Waals surface area contributed by atoms with Gasteiger partial charge in [0.05, 0.1) is 5.75 Å². The first-order valence-corrected chi connectivity index (χ1v) is 8.78. The van der Waals surface area contributed by atoms with Gasteiger partial charge in [-0.25, -0.2) is 13.2 Å². The molecule has 1 saturated carbocycles. The number of rotatable bonds is 6. The zero-order chi connectivity index (χ0) is 15.4. The van der Waals surface area contributed by atoms with E-state index in [1.807, 2.05) is 6.92 Å². The fourth-order valence-corrected chi connectivity index (χ4v) is 3.77. The van der Waals surface area contributed by atoms with Crippen LogP contribution in [0.25, 0.3) is 0 Å². The van der Waals surface area contributed by atoms with Crippen LogP contribution in [0.2, 0.25) is 0 Å². The van der Waals surface area contributed by atoms with Crippen molar-refractivity contribution in [1.82, 2.24) is 5.32 Å². The molecule has 1 aliphatic rings. The van der Waals surface area contributed by atoms with Gasteiger partial charge in [-0.15, -0.1) is 0 Å². The van der Waals surface area contributed by atoms with Crippen LogP contribution in [0.3, 0.4) is 0 Å². The van der Waals surface area contributed by atoms with Crippen molar-refractivity contribution in [3.05, 3.63) is 0 Å². The number of carboxylic acids is 1. The van der Waals surface area contributed by atoms with Crippen molar-refractivity contribution in [2.45, 2.75) is 51.5 Å². The Morgan fingerprint density at radius 3 is 2.30 bits per heavy atom. The topological polar surface area (TPSA) is 101 Å². The zero-order valence-electron chi connectivity index (χ0n) is 12.0. The summed E-state index contributed by atoms with van der Waals surface area (Å²) in [6, 6.07) is 0. The summed E-state index contributed by atoms with van der Waals surface area (Å²) in [5.74, 6) is -2.05. The summed E-state index contributed by atoms with van der Waals surface area (Å²) >= 11 is 0. The lowest BCUT2D eigenvalue weighted by molar-refractivity contribution is -0.149. The van der Waals surface area contributed by atoms with Crippen LogP contribution in [0.4, 0.5) is 0 Å². The normalized spacial score (nSPS) is 27.0. The summed E-state index contributed by atoms with van der Waals surface area (Å²) in [5, 5.41) is 11.8. The maximum atomic E-state index is 11.8. The Hall–Kier alpha value is -1.11. The Labute approximate surface area is 119 Å². The van der Waals surface area contributed by atoms with Crippen molar-refractivity contribution < 1.29 is 23.1 Å². The van der Waals surface area contributed by atoms with E-state index in [1.165, 1.54) is 0 Å². The van der Waals surface area contributed by atoms with Crippen molar-refractivity contribution in [3.63, 3.8) is 0 Å². The second kappa shape index (κ2) is 6.56. The van der Waals surface area contributed by atoms with E-state index in [2.05, 4.69) is 5.32 Å². The first-order valence-electron chi connectivity index (χ1n) is 6.95. The van der Waals surface area contributed by atoms with Crippen molar-refractivity contribution in [2.24, 2.45) is 5.92 Å². The molecule has 1 amide bonds. The van der Waals surface area contributed by atoms with Gasteiger partial charge in [-0.1, -0.05) is 13.8 Å². The lowest BCUT2D eigenvalue weighted by atomic mass is 9.77. The smallest absolute Gasteiger partial charge is 0.329 e. The van der Waals surface area contributed by atoms with Gasteiger partial charge in [0.1, 0.15) is 11.3 Å². The zero-order valence-corrected chi connectivity index (χ0v) is 12.8. The highest BCUT2D eigenvalue weighted by molar-refractivity contribution is 7.92. The summed E-state index contributed by atoms with van der Waals surface area (Å²) in [5.41, 5.74) is -1.30. The standard InChI is InChI=1S/C13H23NO5S/c1-3-8-20(18,19)9-11(15)14-13(12(16)17)6-4-10(2)5-7-13/h10H,3-9H2,1-2H3,(H,14,15)(H,16,17). The molecule has 1 aliphatic carbocycles. The first-order chi connectivity index (χ1) is 9.21. The molecule has 0 aromatic rings. The van der Waals surface area contributed by atoms with E-state index in [0.29, 0.717) is 38.0 Å². The summed E-state index contributed by atoms with van der Waals surface area (Å²) in [4.78, 5) is 23.3. The van der Waals surface area contributed by atoms with Gasteiger partial charge in [0, 0.05) is 0 Å². The second-order valence-corrected chi connectivity index (χ2v) is 7.89. The van der Waals surface area contributed by atoms with E-state index in [0.717, 1.165) is 0 Å². The second-order valence-electron chi connectivity index (χ2n) is 5.71. The third kappa shape index (κ3) is 4.47. The number of carbonyl (C=O) groups is 2. The Bertz CT molecular complexity index is 463. The van der Waals surface area contributed by atoms with Gasteiger partial charge in [0.2, 0.25) is 5.91 Å². The van der Waals surface area contributed by atoms with E-state index in [1.54, 1.807) is 6.92 Å². The molecule has 20 heavy (non-hydrogen) atoms. The Morgan fingerprint density at radius 1 is 1.30 bits per heavy atom. The molecular formula is C13H23NO5S. The highest BCUT2D eigenvalue weighted by atomic mass is 32.2. The molecule has 1 rings (SSSR count). The summed E-state index contributed by atoms with van der Waals surface area (Å²) in [6.07, 6.45) is 2.58. The molecular weight excluding hydrogens is 282 g/mol. The van der Waals surface area contributed by atoms with Gasteiger partial charge in [-0.2, -0.15) is 0 Å². The van der Waals surface area contributed by atoms with E-state index >= 15 is 0 Å². The number of carbonyl (C=O) groups excluding carboxylic acids is 1. The molecule has 1 fully saturated rings. The van der Waals surface area contributed by atoms with Gasteiger partial charge in [0.15, 0.2) is 9.84 Å². The summed E-state index contributed by atoms with van der Waals surface area (Å²) < 4.78 is 23.2. The van der Waals surface area contributed by atoms with E-state index in [4.69, 9.17) is 0 Å². The molecule has 116 valence electrons. The highest BCUT2D eigenvalue weighted by Crippen LogP contribution is 2.32. The fourth-order valence-electron chi connectivity index (χ4n) is 2.53. The van der Waals surface area contributed by atoms with Gasteiger partial charge in [0.25, 0.3) is 0 Å². The molecule has 0 radical (unpaired) electrons. The van der Waals surface area contributed by atoms with Crippen LogP contribution >= 0.6 is 0 Å². The summed E-state index contributed by atoms with van der Waals surface area (Å²) in [6.45, 7) is 3.76. The number of hydrogen-bond acceptors (Lipinski definition) is 4. The van der Waals surface area contributed by atoms with Crippen molar-refractivity contribution in [2.75, 3.05) is 11.5 Å². The average molecular weight is 305 g/mol. The van der Waals surface area contributed by atoms with Gasteiger partial charge in [-0.3, -0.25) is 4.79 Å². The van der Waals surface area contributed by atoms with Crippen LogP contribution in [0.1, 0.15) is 46.0 Å². The number of hydrogen-bond donors (Lipinski definition) is 2. The van der Waals surface area contributed by atoms with E-state index in [-0.39, 0.29) is 5.75 Å². The molecule has 0 aromatic carbocycles. The number of amides is 1. The van der Waals surface area contributed by atoms with Gasteiger partial charge >= 0.3 is 5.97 Å². The van der Waals surface area contributed by atoms with Crippen LogP contribution in [0.5, 0.6) is 0 Å². The number of carboxylic acid groups (broad SMARTS) is 1. The lowest BCUT2D eigenvalue weighted by Gasteiger charge is -2.36. The van der Waals surface area contributed by atoms with Gasteiger partial charge < -0.3 is 10.4 Å². The van der Waals surface area contributed by atoms with Gasteiger partial charge in [-0.05, 0) is 38.0 Å². The van der Waals surface area contributed by atoms with Crippen LogP contribution in [-0.2, 0) is 19.4 Å². The molecule has 0 atom stereocenters. The molecule has 0 spiro atoms. The predicted molar refractivity (Wildman–Crippen MR) is 75.1 cm³/mol. The monoisotopic (exact) mass is 305 g/mol. The number of sulfone groups is 1. The molecule has 6 nitrogen and oxygen atoms in total. The third-order valence-corrected chi connectivity index (χ3v) is 5.51. The molecule has 0 unspecified atom stereocenters. The lowest BCUT2D eigenvalue weighted by Crippen LogP contribution is -2.57. The fraction of sp³-hybridized carbons (Fsp3) is 0.846. The van der Waals surface area contributed by atoms with Crippen molar-refractivity contribution in [3.8, 4) is 0 Å². The van der Waals surface area contributed by atoms with Crippen molar-refractivity contribution >= 4 is 21.7 Å². The van der Waals surface area contributed by atoms with Crippen LogP contribution in [-0.4, -0.2) is 42.4 Å². The van der Waals surface area contributed by atoms with Crippen LogP contribution < -0.4 is 5.32 Å². The maximum absolute atomic E-state index is 11.8. The average Bonchev–Trinajstić information content (AvgIpc) is 2.31. The largest absolute Gasteiger partial charge is 0.480 e. The Morgan fingerprint density at radius 2 is 1.85 bits per heavy atom. The Kier molecular flexibility index (Phi) is 5.56. The predicted octanol–water partition coefficient (Wildman–Crippen LogP) is 0.961. The first kappa shape index (κ1) is 16.9. The van der Waals surface area contributed by atoms with Crippen LogP contribution in [0.15, 0.2) is 0 Å². The Balaban J connectivity index is 2.72. The van der Waals surface area contributed by atoms with Crippen molar-refractivity contribution in [1.29, 1.82) is 0 Å². The molecule has 2 N–H and O–H groups in total. The molecule has 7 heteroatoms. The minimum Gasteiger partial charge on any atom is -0.480 e. The molecule has 0 aliphatic heterocycles. The minimum atomic E-state index is -3.45. The highest BCUT2D eigenvalue weighted by Gasteiger charge is 2.42. The summed E-state index contributed by atoms with van der Waals surface area (Å²) in [7, 11) is -3.45. The minimum absolute atomic E-state index is 0.0580. The third-order valence-electron chi connectivity index (χ3n) is 3.78. The molecule has 0 saturated heterocycles. The molecule has 0 heterocycles. The molecule has 0 aromatic heterocycles. The SMILES string of the molecule is CCCS(=O)(=O)CC(=O)NC1(C(=O)O)CCC(C)CC1. The van der Waals surface area contributed by atoms with E-state index < -0.39 is 33.0 Å². The molecule has 0 bridgehead atoms. The van der Waals surface area contributed by atoms with Crippen LogP contribution in [0, 0.1) is 5.92 Å². The van der Waals surface area contributed by atoms with E-state index in [9.17, 15) is 23.1 Å². The quantitative estimate of drug-likeness (QED) is 0.761. The maximum Gasteiger partial charge on any atom is 0.329 e.